The molecule has 0 fully saturated rings. The van der Waals surface area contributed by atoms with Crippen molar-refractivity contribution in [2.75, 3.05) is 0 Å². The predicted octanol–water partition coefficient (Wildman–Crippen LogP) is 3.23. The summed E-state index contributed by atoms with van der Waals surface area (Å²) in [6, 6.07) is 1.44. The van der Waals surface area contributed by atoms with Crippen LogP contribution in [0.15, 0.2) is 30.9 Å². The van der Waals surface area contributed by atoms with Crippen LogP contribution in [0.1, 0.15) is 11.5 Å². The van der Waals surface area contributed by atoms with E-state index in [1.165, 1.54) is 29.2 Å². The lowest BCUT2D eigenvalue weighted by molar-refractivity contribution is -0.140. The Bertz CT molecular complexity index is 824. The van der Waals surface area contributed by atoms with Crippen molar-refractivity contribution in [2.45, 2.75) is 12.7 Å². The predicted molar refractivity (Wildman–Crippen MR) is 75.5 cm³/mol. The minimum Gasteiger partial charge on any atom is -0.307 e. The van der Waals surface area contributed by atoms with Gasteiger partial charge >= 0.3 is 6.18 Å². The smallest absolute Gasteiger partial charge is 0.307 e. The molecule has 0 bridgehead atoms. The molecule has 0 aromatic carbocycles. The molecule has 0 N–H and O–H groups in total. The van der Waals surface area contributed by atoms with E-state index in [9.17, 15) is 13.2 Å². The van der Waals surface area contributed by atoms with E-state index in [0.717, 1.165) is 10.9 Å². The number of aromatic nitrogens is 6. The lowest BCUT2D eigenvalue weighted by Gasteiger charge is -2.06. The van der Waals surface area contributed by atoms with E-state index in [-0.39, 0.29) is 23.5 Å². The Kier molecular flexibility index (Phi) is 3.99. The lowest BCUT2D eigenvalue weighted by Crippen LogP contribution is -2.09. The van der Waals surface area contributed by atoms with E-state index in [2.05, 4.69) is 20.1 Å². The third-order valence-corrected chi connectivity index (χ3v) is 3.19. The quantitative estimate of drug-likeness (QED) is 0.717. The molecule has 23 heavy (non-hydrogen) atoms. The second-order valence-electron chi connectivity index (χ2n) is 4.45. The first-order valence-corrected chi connectivity index (χ1v) is 6.91. The van der Waals surface area contributed by atoms with Gasteiger partial charge in [0.1, 0.15) is 5.82 Å². The SMILES string of the molecule is FC(F)(F)c1cn(Cc2ncc(Cl)cn2)c(-n2ccc(Cl)n2)n1. The van der Waals surface area contributed by atoms with Crippen LogP contribution in [0.3, 0.4) is 0 Å². The van der Waals surface area contributed by atoms with Crippen molar-refractivity contribution in [3.8, 4) is 5.95 Å². The Labute approximate surface area is 137 Å². The summed E-state index contributed by atoms with van der Waals surface area (Å²) < 4.78 is 41.1. The van der Waals surface area contributed by atoms with E-state index in [0.29, 0.717) is 5.02 Å². The van der Waals surface area contributed by atoms with Crippen LogP contribution >= 0.6 is 23.2 Å². The maximum atomic E-state index is 12.9. The van der Waals surface area contributed by atoms with Crippen LogP contribution in [-0.4, -0.2) is 29.3 Å². The summed E-state index contributed by atoms with van der Waals surface area (Å²) in [5, 5.41) is 4.33. The van der Waals surface area contributed by atoms with Crippen LogP contribution in [0.2, 0.25) is 10.2 Å². The third-order valence-electron chi connectivity index (χ3n) is 2.79. The molecular formula is C12H7Cl2F3N6. The molecule has 0 atom stereocenters. The van der Waals surface area contributed by atoms with E-state index in [4.69, 9.17) is 23.2 Å². The molecule has 3 aromatic heterocycles. The van der Waals surface area contributed by atoms with Crippen LogP contribution in [0.4, 0.5) is 13.2 Å². The monoisotopic (exact) mass is 362 g/mol. The first-order chi connectivity index (χ1) is 10.8. The van der Waals surface area contributed by atoms with Gasteiger partial charge in [0, 0.05) is 24.8 Å². The molecule has 0 amide bonds. The number of halogens is 5. The van der Waals surface area contributed by atoms with Crippen molar-refractivity contribution >= 4 is 23.2 Å². The molecule has 120 valence electrons. The van der Waals surface area contributed by atoms with Gasteiger partial charge < -0.3 is 4.57 Å². The molecule has 11 heteroatoms. The second-order valence-corrected chi connectivity index (χ2v) is 5.28. The lowest BCUT2D eigenvalue weighted by atomic mass is 10.4. The first kappa shape index (κ1) is 15.8. The molecule has 0 saturated heterocycles. The van der Waals surface area contributed by atoms with Crippen LogP contribution in [-0.2, 0) is 12.7 Å². The van der Waals surface area contributed by atoms with Crippen molar-refractivity contribution in [3.05, 3.63) is 52.5 Å². The van der Waals surface area contributed by atoms with E-state index in [1.807, 2.05) is 0 Å². The molecule has 3 heterocycles. The van der Waals surface area contributed by atoms with E-state index < -0.39 is 11.9 Å². The molecule has 0 spiro atoms. The highest BCUT2D eigenvalue weighted by Crippen LogP contribution is 2.29. The zero-order chi connectivity index (χ0) is 16.6. The molecule has 6 nitrogen and oxygen atoms in total. The molecule has 3 aromatic rings. The maximum absolute atomic E-state index is 12.9. The van der Waals surface area contributed by atoms with Gasteiger partial charge in [-0.15, -0.1) is 0 Å². The van der Waals surface area contributed by atoms with Crippen LogP contribution in [0.5, 0.6) is 0 Å². The number of hydrogen-bond acceptors (Lipinski definition) is 4. The Hall–Kier alpha value is -2.13. The number of alkyl halides is 3. The summed E-state index contributed by atoms with van der Waals surface area (Å²) in [5.41, 5.74) is -1.05. The molecular weight excluding hydrogens is 356 g/mol. The highest BCUT2D eigenvalue weighted by atomic mass is 35.5. The zero-order valence-electron chi connectivity index (χ0n) is 11.2. The van der Waals surface area contributed by atoms with Gasteiger partial charge in [0.2, 0.25) is 5.95 Å². The molecule has 0 aliphatic rings. The van der Waals surface area contributed by atoms with E-state index in [1.54, 1.807) is 0 Å². The van der Waals surface area contributed by atoms with Crippen molar-refractivity contribution in [1.82, 2.24) is 29.3 Å². The van der Waals surface area contributed by atoms with Gasteiger partial charge in [-0.3, -0.25) is 0 Å². The molecule has 0 aliphatic heterocycles. The van der Waals surface area contributed by atoms with Gasteiger partial charge in [-0.25, -0.2) is 19.6 Å². The summed E-state index contributed by atoms with van der Waals surface area (Å²) in [7, 11) is 0. The van der Waals surface area contributed by atoms with E-state index >= 15 is 0 Å². The molecule has 3 rings (SSSR count). The van der Waals surface area contributed by atoms with Crippen LogP contribution in [0.25, 0.3) is 5.95 Å². The van der Waals surface area contributed by atoms with Crippen molar-refractivity contribution < 1.29 is 13.2 Å². The van der Waals surface area contributed by atoms with Gasteiger partial charge in [0.05, 0.1) is 11.6 Å². The van der Waals surface area contributed by atoms with Crippen LogP contribution in [0, 0.1) is 0 Å². The van der Waals surface area contributed by atoms with Crippen molar-refractivity contribution in [2.24, 2.45) is 0 Å². The van der Waals surface area contributed by atoms with Crippen molar-refractivity contribution in [3.63, 3.8) is 0 Å². The summed E-state index contributed by atoms with van der Waals surface area (Å²) in [6.07, 6.45) is 0.399. The summed E-state index contributed by atoms with van der Waals surface area (Å²) in [6.45, 7) is -0.0347. The van der Waals surface area contributed by atoms with Crippen molar-refractivity contribution in [1.29, 1.82) is 0 Å². The van der Waals surface area contributed by atoms with Gasteiger partial charge in [-0.05, 0) is 6.07 Å². The highest BCUT2D eigenvalue weighted by molar-refractivity contribution is 6.30. The standard InChI is InChI=1S/C12H7Cl2F3N6/c13-7-3-18-10(19-4-7)6-22-5-8(12(15,16)17)20-11(22)23-2-1-9(14)21-23/h1-5H,6H2. The average molecular weight is 363 g/mol. The number of hydrogen-bond donors (Lipinski definition) is 0. The second kappa shape index (κ2) is 5.82. The maximum Gasteiger partial charge on any atom is 0.434 e. The van der Waals surface area contributed by atoms with Gasteiger partial charge in [0.25, 0.3) is 0 Å². The molecule has 0 aliphatic carbocycles. The number of imidazole rings is 1. The Balaban J connectivity index is 2.03. The summed E-state index contributed by atoms with van der Waals surface area (Å²) >= 11 is 11.4. The molecule has 0 radical (unpaired) electrons. The Morgan fingerprint density at radius 2 is 1.83 bits per heavy atom. The van der Waals surface area contributed by atoms with Gasteiger partial charge in [-0.1, -0.05) is 23.2 Å². The van der Waals surface area contributed by atoms with Crippen LogP contribution < -0.4 is 0 Å². The average Bonchev–Trinajstić information content (AvgIpc) is 3.07. The fraction of sp³-hybridized carbons (Fsp3) is 0.167. The fourth-order valence-electron chi connectivity index (χ4n) is 1.83. The topological polar surface area (TPSA) is 61.4 Å². The number of rotatable bonds is 3. The minimum absolute atomic E-state index is 0.0347. The normalized spacial score (nSPS) is 11.9. The van der Waals surface area contributed by atoms with Gasteiger partial charge in [0.15, 0.2) is 10.8 Å². The largest absolute Gasteiger partial charge is 0.434 e. The van der Waals surface area contributed by atoms with Gasteiger partial charge in [-0.2, -0.15) is 18.3 Å². The summed E-state index contributed by atoms with van der Waals surface area (Å²) in [4.78, 5) is 11.5. The third kappa shape index (κ3) is 3.45. The Morgan fingerprint density at radius 1 is 1.13 bits per heavy atom. The number of nitrogens with zero attached hydrogens (tertiary/aromatic N) is 6. The molecule has 0 unspecified atom stereocenters. The summed E-state index contributed by atoms with van der Waals surface area (Å²) in [5.74, 6) is 0.225. The minimum atomic E-state index is -4.59. The zero-order valence-corrected chi connectivity index (χ0v) is 12.7. The fourth-order valence-corrected chi connectivity index (χ4v) is 2.06. The first-order valence-electron chi connectivity index (χ1n) is 6.15. The molecule has 0 saturated carbocycles. The highest BCUT2D eigenvalue weighted by Gasteiger charge is 2.35. The Morgan fingerprint density at radius 3 is 2.39 bits per heavy atom.